The van der Waals surface area contributed by atoms with Crippen molar-refractivity contribution in [2.45, 2.75) is 130 Å². The molecule has 262 valence electrons. The molecular formula is C36H57N5O6. The Morgan fingerprint density at radius 1 is 0.936 bits per heavy atom. The van der Waals surface area contributed by atoms with E-state index in [2.05, 4.69) is 41.7 Å². The Labute approximate surface area is 280 Å². The summed E-state index contributed by atoms with van der Waals surface area (Å²) >= 11 is 0. The van der Waals surface area contributed by atoms with E-state index in [-0.39, 0.29) is 47.8 Å². The summed E-state index contributed by atoms with van der Waals surface area (Å²) in [5.74, 6) is -2.34. The van der Waals surface area contributed by atoms with Crippen LogP contribution in [-0.2, 0) is 24.0 Å². The normalized spacial score (nSPS) is 25.8. The Morgan fingerprint density at radius 2 is 1.55 bits per heavy atom. The van der Waals surface area contributed by atoms with Crippen molar-refractivity contribution in [2.24, 2.45) is 34.0 Å². The van der Waals surface area contributed by atoms with Gasteiger partial charge in [-0.1, -0.05) is 80.7 Å². The quantitative estimate of drug-likeness (QED) is 0.186. The molecule has 0 radical (unpaired) electrons. The van der Waals surface area contributed by atoms with Crippen LogP contribution in [0, 0.1) is 34.0 Å². The van der Waals surface area contributed by atoms with Crippen LogP contribution < -0.4 is 21.3 Å². The van der Waals surface area contributed by atoms with Crippen molar-refractivity contribution in [3.05, 3.63) is 12.7 Å². The topological polar surface area (TPSA) is 154 Å². The number of piperidine rings is 1. The van der Waals surface area contributed by atoms with Gasteiger partial charge in [0.1, 0.15) is 23.9 Å². The maximum atomic E-state index is 14.4. The number of hydrogen-bond donors (Lipinski definition) is 4. The number of Topliss-reactive ketones (excluding diaryl/α,β-unsaturated/α-hetero) is 2. The monoisotopic (exact) mass is 655 g/mol. The van der Waals surface area contributed by atoms with Crippen molar-refractivity contribution in [1.29, 1.82) is 0 Å². The number of urea groups is 1. The Morgan fingerprint density at radius 3 is 2.09 bits per heavy atom. The third-order valence-corrected chi connectivity index (χ3v) is 11.0. The smallest absolute Gasteiger partial charge is 0.315 e. The first-order valence-electron chi connectivity index (χ1n) is 17.4. The maximum Gasteiger partial charge on any atom is 0.315 e. The van der Waals surface area contributed by atoms with E-state index in [1.807, 2.05) is 41.5 Å². The van der Waals surface area contributed by atoms with Crippen LogP contribution in [0.3, 0.4) is 0 Å². The van der Waals surface area contributed by atoms with Crippen molar-refractivity contribution in [1.82, 2.24) is 26.2 Å². The molecule has 3 saturated carbocycles. The summed E-state index contributed by atoms with van der Waals surface area (Å²) in [4.78, 5) is 82.4. The molecule has 0 bridgehead atoms. The second-order valence-corrected chi connectivity index (χ2v) is 17.2. The predicted molar refractivity (Wildman–Crippen MR) is 179 cm³/mol. The van der Waals surface area contributed by atoms with Gasteiger partial charge in [0.05, 0.1) is 0 Å². The minimum absolute atomic E-state index is 0.0806. The molecule has 11 heteroatoms. The average Bonchev–Trinajstić information content (AvgIpc) is 3.84. The van der Waals surface area contributed by atoms with E-state index in [9.17, 15) is 28.8 Å². The van der Waals surface area contributed by atoms with Crippen LogP contribution in [0.1, 0.15) is 107 Å². The second kappa shape index (κ2) is 13.3. The van der Waals surface area contributed by atoms with E-state index in [4.69, 9.17) is 0 Å². The Bertz CT molecular complexity index is 1280. The molecule has 0 aromatic carbocycles. The van der Waals surface area contributed by atoms with E-state index < -0.39 is 58.1 Å². The lowest BCUT2D eigenvalue weighted by Gasteiger charge is -2.41. The summed E-state index contributed by atoms with van der Waals surface area (Å²) in [5, 5.41) is 11.5. The van der Waals surface area contributed by atoms with Crippen molar-refractivity contribution in [3.63, 3.8) is 0 Å². The molecule has 1 aliphatic heterocycles. The molecule has 0 aromatic heterocycles. The molecule has 1 unspecified atom stereocenters. The van der Waals surface area contributed by atoms with Crippen molar-refractivity contribution in [3.8, 4) is 0 Å². The number of rotatable bonds is 12. The summed E-state index contributed by atoms with van der Waals surface area (Å²) in [5.41, 5.74) is -2.09. The Hall–Kier alpha value is -3.24. The van der Waals surface area contributed by atoms with E-state index in [0.717, 1.165) is 32.1 Å². The number of carbonyl (C=O) groups excluding carboxylic acids is 6. The molecule has 1 saturated heterocycles. The molecule has 4 fully saturated rings. The largest absolute Gasteiger partial charge is 0.346 e. The zero-order valence-corrected chi connectivity index (χ0v) is 29.7. The van der Waals surface area contributed by atoms with Crippen LogP contribution in [0.15, 0.2) is 12.7 Å². The summed E-state index contributed by atoms with van der Waals surface area (Å²) in [6.07, 6.45) is 7.40. The van der Waals surface area contributed by atoms with Gasteiger partial charge in [-0.15, -0.1) is 6.58 Å². The minimum Gasteiger partial charge on any atom is -0.346 e. The van der Waals surface area contributed by atoms with Crippen molar-refractivity contribution in [2.75, 3.05) is 13.1 Å². The summed E-state index contributed by atoms with van der Waals surface area (Å²) < 4.78 is 0. The summed E-state index contributed by atoms with van der Waals surface area (Å²) in [6.45, 7) is 19.5. The van der Waals surface area contributed by atoms with Crippen LogP contribution >= 0.6 is 0 Å². The molecule has 4 N–H and O–H groups in total. The molecule has 1 heterocycles. The molecule has 4 aliphatic rings. The molecule has 47 heavy (non-hydrogen) atoms. The standard InChI is InChI=1S/C36H57N5O6/c1-10-18-37-30(45)27(43)25(21-14-15-21)38-29(44)26-24-22(35(24,8)9)20-41(26)31(46)28(34(5,6)7)39-32(47)40-36(16-12-11-13-17-36)19-23(42)33(2,3)4/h10,21-22,24-26,28H,1,11-20H2,2-9H3,(H,37,45)(H,38,44)(H2,39,40,47)/t22-,24-,25?,26-,28+/m0/s1. The van der Waals surface area contributed by atoms with Gasteiger partial charge in [0, 0.05) is 30.5 Å². The number of fused-ring (bicyclic) bond motifs is 1. The van der Waals surface area contributed by atoms with Gasteiger partial charge in [-0.3, -0.25) is 24.0 Å². The lowest BCUT2D eigenvalue weighted by molar-refractivity contribution is -0.145. The molecule has 5 atom stereocenters. The second-order valence-electron chi connectivity index (χ2n) is 17.2. The number of nitrogens with zero attached hydrogens (tertiary/aromatic N) is 1. The number of amides is 5. The molecule has 0 aromatic rings. The predicted octanol–water partition coefficient (Wildman–Crippen LogP) is 3.66. The fourth-order valence-electron chi connectivity index (χ4n) is 7.64. The van der Waals surface area contributed by atoms with Crippen LogP contribution in [0.5, 0.6) is 0 Å². The van der Waals surface area contributed by atoms with Gasteiger partial charge in [0.2, 0.25) is 17.6 Å². The average molecular weight is 656 g/mol. The number of nitrogens with one attached hydrogen (secondary N) is 4. The third-order valence-electron chi connectivity index (χ3n) is 11.0. The third kappa shape index (κ3) is 8.08. The Balaban J connectivity index is 1.53. The molecule has 3 aliphatic carbocycles. The molecular weight excluding hydrogens is 598 g/mol. The van der Waals surface area contributed by atoms with Crippen LogP contribution in [-0.4, -0.2) is 77.0 Å². The molecule has 0 spiro atoms. The van der Waals surface area contributed by atoms with E-state index in [0.29, 0.717) is 19.4 Å². The fraction of sp³-hybridized carbons (Fsp3) is 0.778. The van der Waals surface area contributed by atoms with Gasteiger partial charge in [0.25, 0.3) is 5.91 Å². The summed E-state index contributed by atoms with van der Waals surface area (Å²) in [6, 6.07) is -3.26. The molecule has 4 rings (SSSR count). The maximum absolute atomic E-state index is 14.4. The first-order chi connectivity index (χ1) is 21.7. The molecule has 5 amide bonds. The molecule has 11 nitrogen and oxygen atoms in total. The van der Waals surface area contributed by atoms with Crippen molar-refractivity contribution < 1.29 is 28.8 Å². The van der Waals surface area contributed by atoms with Gasteiger partial charge < -0.3 is 26.2 Å². The number of hydrogen-bond acceptors (Lipinski definition) is 6. The number of carbonyl (C=O) groups is 6. The van der Waals surface area contributed by atoms with Gasteiger partial charge in [-0.2, -0.15) is 0 Å². The first kappa shape index (κ1) is 36.6. The highest BCUT2D eigenvalue weighted by atomic mass is 16.2. The fourth-order valence-corrected chi connectivity index (χ4v) is 7.64. The SMILES string of the molecule is C=CCNC(=O)C(=O)C(NC(=O)[C@@H]1[C@@H]2[C@H](CN1C(=O)[C@@H](NC(=O)NC1(CC(=O)C(C)(C)C)CCCCC1)C(C)(C)C)C2(C)C)C1CC1. The highest BCUT2D eigenvalue weighted by molar-refractivity contribution is 6.38. The van der Waals surface area contributed by atoms with Gasteiger partial charge >= 0.3 is 6.03 Å². The van der Waals surface area contributed by atoms with Crippen LogP contribution in [0.2, 0.25) is 0 Å². The zero-order valence-electron chi connectivity index (χ0n) is 29.7. The minimum atomic E-state index is -0.963. The Kier molecular flexibility index (Phi) is 10.4. The highest BCUT2D eigenvalue weighted by Gasteiger charge is 2.70. The van der Waals surface area contributed by atoms with Gasteiger partial charge in [-0.25, -0.2) is 4.79 Å². The van der Waals surface area contributed by atoms with Gasteiger partial charge in [0.15, 0.2) is 0 Å². The van der Waals surface area contributed by atoms with Crippen LogP contribution in [0.4, 0.5) is 4.79 Å². The van der Waals surface area contributed by atoms with E-state index in [1.54, 1.807) is 4.90 Å². The lowest BCUT2D eigenvalue weighted by atomic mass is 9.74. The van der Waals surface area contributed by atoms with Crippen molar-refractivity contribution >= 4 is 35.3 Å². The first-order valence-corrected chi connectivity index (χ1v) is 17.4. The summed E-state index contributed by atoms with van der Waals surface area (Å²) in [7, 11) is 0. The zero-order chi connectivity index (χ0) is 35.1. The lowest BCUT2D eigenvalue weighted by Crippen LogP contribution is -2.63. The highest BCUT2D eigenvalue weighted by Crippen LogP contribution is 2.65. The number of likely N-dealkylation sites (tertiary alicyclic amines) is 1. The number of ketones is 2. The van der Waals surface area contributed by atoms with E-state index in [1.165, 1.54) is 6.08 Å². The van der Waals surface area contributed by atoms with Crippen LogP contribution in [0.25, 0.3) is 0 Å². The van der Waals surface area contributed by atoms with E-state index >= 15 is 0 Å². The van der Waals surface area contributed by atoms with Gasteiger partial charge in [-0.05, 0) is 54.3 Å².